The molecule has 150 valence electrons. The molecule has 0 bridgehead atoms. The number of carbonyl (C=O) groups excluding carboxylic acids is 1. The van der Waals surface area contributed by atoms with Gasteiger partial charge in [0.25, 0.3) is 5.91 Å². The molecule has 1 aliphatic heterocycles. The fourth-order valence-corrected chi connectivity index (χ4v) is 4.15. The van der Waals surface area contributed by atoms with Crippen molar-refractivity contribution >= 4 is 15.9 Å². The average Bonchev–Trinajstić information content (AvgIpc) is 3.01. The zero-order valence-electron chi connectivity index (χ0n) is 15.8. The van der Waals surface area contributed by atoms with Gasteiger partial charge in [-0.1, -0.05) is 43.2 Å². The van der Waals surface area contributed by atoms with Gasteiger partial charge in [-0.05, 0) is 42.7 Å². The quantitative estimate of drug-likeness (QED) is 0.773. The number of carbonyl (C=O) groups is 1. The van der Waals surface area contributed by atoms with Gasteiger partial charge in [0, 0.05) is 19.6 Å². The molecule has 1 heterocycles. The number of sulfonamides is 1. The summed E-state index contributed by atoms with van der Waals surface area (Å²) in [5, 5.41) is 0. The summed E-state index contributed by atoms with van der Waals surface area (Å²) in [6.45, 7) is 1.77. The lowest BCUT2D eigenvalue weighted by molar-refractivity contribution is -0.133. The summed E-state index contributed by atoms with van der Waals surface area (Å²) in [6, 6.07) is 15.5. The van der Waals surface area contributed by atoms with E-state index in [0.717, 1.165) is 31.5 Å². The summed E-state index contributed by atoms with van der Waals surface area (Å²) in [5.41, 5.74) is 0.887. The van der Waals surface area contributed by atoms with Gasteiger partial charge in [0.2, 0.25) is 10.0 Å². The summed E-state index contributed by atoms with van der Waals surface area (Å²) in [6.07, 6.45) is 4.40. The Morgan fingerprint density at radius 3 is 2.21 bits per heavy atom. The van der Waals surface area contributed by atoms with Crippen molar-refractivity contribution < 1.29 is 17.9 Å². The van der Waals surface area contributed by atoms with Crippen molar-refractivity contribution in [2.75, 3.05) is 19.7 Å². The molecule has 7 heteroatoms. The van der Waals surface area contributed by atoms with E-state index in [0.29, 0.717) is 5.75 Å². The minimum absolute atomic E-state index is 0.0249. The van der Waals surface area contributed by atoms with Gasteiger partial charge in [-0.3, -0.25) is 4.79 Å². The van der Waals surface area contributed by atoms with Crippen LogP contribution in [0.3, 0.4) is 0 Å². The van der Waals surface area contributed by atoms with Crippen molar-refractivity contribution in [1.29, 1.82) is 0 Å². The molecule has 0 atom stereocenters. The number of nitrogens with one attached hydrogen (secondary N) is 1. The molecule has 2 aromatic carbocycles. The molecule has 1 fully saturated rings. The topological polar surface area (TPSA) is 75.7 Å². The number of ether oxygens (including phenoxy) is 1. The number of benzene rings is 2. The molecule has 1 N–H and O–H groups in total. The number of rotatable bonds is 7. The minimum Gasteiger partial charge on any atom is -0.484 e. The van der Waals surface area contributed by atoms with Gasteiger partial charge in [-0.15, -0.1) is 0 Å². The van der Waals surface area contributed by atoms with Gasteiger partial charge >= 0.3 is 0 Å². The van der Waals surface area contributed by atoms with E-state index in [2.05, 4.69) is 4.72 Å². The highest BCUT2D eigenvalue weighted by molar-refractivity contribution is 7.89. The van der Waals surface area contributed by atoms with Crippen molar-refractivity contribution in [2.24, 2.45) is 0 Å². The maximum atomic E-state index is 12.4. The van der Waals surface area contributed by atoms with Crippen LogP contribution in [-0.2, 0) is 21.4 Å². The summed E-state index contributed by atoms with van der Waals surface area (Å²) in [4.78, 5) is 14.3. The highest BCUT2D eigenvalue weighted by Gasteiger charge is 2.17. The first-order valence-corrected chi connectivity index (χ1v) is 11.1. The highest BCUT2D eigenvalue weighted by Crippen LogP contribution is 2.17. The number of likely N-dealkylation sites (tertiary alicyclic amines) is 1. The molecule has 2 aromatic rings. The SMILES string of the molecule is O=C(COc1ccc(S(=O)(=O)NCc2ccccc2)cc1)N1CCCCCC1. The van der Waals surface area contributed by atoms with Crippen LogP contribution in [0.1, 0.15) is 31.2 Å². The Bertz CT molecular complexity index is 859. The molecule has 0 saturated carbocycles. The van der Waals surface area contributed by atoms with E-state index in [-0.39, 0.29) is 24.0 Å². The molecule has 0 aromatic heterocycles. The number of hydrogen-bond acceptors (Lipinski definition) is 4. The Kier molecular flexibility index (Phi) is 7.06. The van der Waals surface area contributed by atoms with Crippen LogP contribution in [0.4, 0.5) is 0 Å². The highest BCUT2D eigenvalue weighted by atomic mass is 32.2. The van der Waals surface area contributed by atoms with Gasteiger partial charge in [0.05, 0.1) is 4.90 Å². The average molecular weight is 403 g/mol. The molecular formula is C21H26N2O4S. The molecule has 0 radical (unpaired) electrons. The summed E-state index contributed by atoms with van der Waals surface area (Å²) >= 11 is 0. The van der Waals surface area contributed by atoms with Gasteiger partial charge in [0.15, 0.2) is 6.61 Å². The van der Waals surface area contributed by atoms with Crippen LogP contribution < -0.4 is 9.46 Å². The van der Waals surface area contributed by atoms with Crippen LogP contribution >= 0.6 is 0 Å². The van der Waals surface area contributed by atoms with Crippen molar-refractivity contribution in [2.45, 2.75) is 37.1 Å². The number of nitrogens with zero attached hydrogens (tertiary/aromatic N) is 1. The van der Waals surface area contributed by atoms with E-state index in [1.165, 1.54) is 25.0 Å². The first-order valence-electron chi connectivity index (χ1n) is 9.59. The number of amides is 1. The monoisotopic (exact) mass is 402 g/mol. The Balaban J connectivity index is 1.53. The van der Waals surface area contributed by atoms with Crippen LogP contribution in [0.15, 0.2) is 59.5 Å². The predicted molar refractivity (Wildman–Crippen MR) is 107 cm³/mol. The van der Waals surface area contributed by atoms with Crippen molar-refractivity contribution in [3.8, 4) is 5.75 Å². The van der Waals surface area contributed by atoms with Crippen LogP contribution in [0.5, 0.6) is 5.75 Å². The summed E-state index contributed by atoms with van der Waals surface area (Å²) in [5.74, 6) is 0.452. The smallest absolute Gasteiger partial charge is 0.260 e. The Morgan fingerprint density at radius 2 is 1.57 bits per heavy atom. The van der Waals surface area contributed by atoms with Crippen molar-refractivity contribution in [1.82, 2.24) is 9.62 Å². The lowest BCUT2D eigenvalue weighted by atomic mass is 10.2. The maximum Gasteiger partial charge on any atom is 0.260 e. The largest absolute Gasteiger partial charge is 0.484 e. The zero-order valence-corrected chi connectivity index (χ0v) is 16.7. The van der Waals surface area contributed by atoms with Gasteiger partial charge in [-0.25, -0.2) is 13.1 Å². The summed E-state index contributed by atoms with van der Waals surface area (Å²) in [7, 11) is -3.61. The third kappa shape index (κ3) is 5.81. The standard InChI is InChI=1S/C21H26N2O4S/c24-21(23-14-6-1-2-7-15-23)17-27-19-10-12-20(13-11-19)28(25,26)22-16-18-8-4-3-5-9-18/h3-5,8-13,22H,1-2,6-7,14-17H2. The zero-order chi connectivity index (χ0) is 19.8. The number of hydrogen-bond donors (Lipinski definition) is 1. The molecule has 1 saturated heterocycles. The lowest BCUT2D eigenvalue weighted by Crippen LogP contribution is -2.35. The first kappa shape index (κ1) is 20.4. The van der Waals surface area contributed by atoms with Gasteiger partial charge in [-0.2, -0.15) is 0 Å². The second kappa shape index (κ2) is 9.71. The minimum atomic E-state index is -3.61. The molecule has 6 nitrogen and oxygen atoms in total. The molecule has 3 rings (SSSR count). The second-order valence-electron chi connectivity index (χ2n) is 6.87. The lowest BCUT2D eigenvalue weighted by Gasteiger charge is -2.20. The molecule has 1 aliphatic rings. The molecule has 0 aliphatic carbocycles. The maximum absolute atomic E-state index is 12.4. The van der Waals surface area contributed by atoms with Crippen LogP contribution in [0.2, 0.25) is 0 Å². The van der Waals surface area contributed by atoms with Crippen LogP contribution in [0, 0.1) is 0 Å². The van der Waals surface area contributed by atoms with E-state index in [1.807, 2.05) is 35.2 Å². The van der Waals surface area contributed by atoms with Crippen LogP contribution in [0.25, 0.3) is 0 Å². The fraction of sp³-hybridized carbons (Fsp3) is 0.381. The molecule has 0 spiro atoms. The van der Waals surface area contributed by atoms with Gasteiger partial charge in [0.1, 0.15) is 5.75 Å². The predicted octanol–water partition coefficient (Wildman–Crippen LogP) is 2.95. The third-order valence-corrected chi connectivity index (χ3v) is 6.18. The molecule has 1 amide bonds. The Morgan fingerprint density at radius 1 is 0.929 bits per heavy atom. The Labute approximate surface area is 166 Å². The van der Waals surface area contributed by atoms with E-state index in [4.69, 9.17) is 4.74 Å². The van der Waals surface area contributed by atoms with Gasteiger partial charge < -0.3 is 9.64 Å². The first-order chi connectivity index (χ1) is 13.5. The Hall–Kier alpha value is -2.38. The van der Waals surface area contributed by atoms with Crippen molar-refractivity contribution in [3.63, 3.8) is 0 Å². The van der Waals surface area contributed by atoms with Crippen LogP contribution in [-0.4, -0.2) is 38.9 Å². The van der Waals surface area contributed by atoms with Crippen molar-refractivity contribution in [3.05, 3.63) is 60.2 Å². The van der Waals surface area contributed by atoms with E-state index in [1.54, 1.807) is 12.1 Å². The van der Waals surface area contributed by atoms with E-state index in [9.17, 15) is 13.2 Å². The van der Waals surface area contributed by atoms with E-state index < -0.39 is 10.0 Å². The third-order valence-electron chi connectivity index (χ3n) is 4.76. The fourth-order valence-electron chi connectivity index (χ4n) is 3.13. The van der Waals surface area contributed by atoms with E-state index >= 15 is 0 Å². The second-order valence-corrected chi connectivity index (χ2v) is 8.63. The summed E-state index contributed by atoms with van der Waals surface area (Å²) < 4.78 is 33.0. The normalized spacial score (nSPS) is 15.1. The molecular weight excluding hydrogens is 376 g/mol. The molecule has 0 unspecified atom stereocenters. The molecule has 28 heavy (non-hydrogen) atoms.